The standard InChI is InChI=1S/C27H31ClN4O3/c1-17(35-22-4-3-5-22)12-29-26(33)23-10-11-25-24(18(23)2)16-32(30-25)15-19-13-31(14-19)27(34)20-6-8-21(28)9-7-20/h6-11,16-17,19,22H,3-5,12-15H2,1-2H3,(H,29,33). The van der Waals surface area contributed by atoms with E-state index in [0.717, 1.165) is 35.9 Å². The monoisotopic (exact) mass is 494 g/mol. The van der Waals surface area contributed by atoms with Crippen molar-refractivity contribution < 1.29 is 14.3 Å². The number of carbonyl (C=O) groups is 2. The number of benzene rings is 2. The van der Waals surface area contributed by atoms with E-state index < -0.39 is 0 Å². The van der Waals surface area contributed by atoms with Crippen LogP contribution >= 0.6 is 11.6 Å². The predicted octanol–water partition coefficient (Wildman–Crippen LogP) is 4.46. The first-order valence-corrected chi connectivity index (χ1v) is 12.7. The maximum atomic E-state index is 12.8. The number of nitrogens with zero attached hydrogens (tertiary/aromatic N) is 3. The maximum absolute atomic E-state index is 12.8. The first kappa shape index (κ1) is 23.8. The number of rotatable bonds is 8. The van der Waals surface area contributed by atoms with Crippen molar-refractivity contribution in [2.75, 3.05) is 19.6 Å². The van der Waals surface area contributed by atoms with Gasteiger partial charge in [0, 0.05) is 59.8 Å². The summed E-state index contributed by atoms with van der Waals surface area (Å²) < 4.78 is 7.86. The highest BCUT2D eigenvalue weighted by atomic mass is 35.5. The van der Waals surface area contributed by atoms with Gasteiger partial charge in [-0.3, -0.25) is 14.3 Å². The zero-order valence-corrected chi connectivity index (χ0v) is 20.9. The lowest BCUT2D eigenvalue weighted by Gasteiger charge is -2.39. The van der Waals surface area contributed by atoms with E-state index in [0.29, 0.717) is 47.8 Å². The third-order valence-corrected chi connectivity index (χ3v) is 7.31. The molecule has 5 rings (SSSR count). The van der Waals surface area contributed by atoms with Crippen molar-refractivity contribution in [3.63, 3.8) is 0 Å². The fraction of sp³-hybridized carbons (Fsp3) is 0.444. The van der Waals surface area contributed by atoms with Crippen LogP contribution in [-0.4, -0.2) is 58.3 Å². The number of amides is 2. The molecule has 2 aromatic carbocycles. The molecule has 0 bridgehead atoms. The molecule has 1 aliphatic carbocycles. The molecule has 1 aliphatic heterocycles. The molecule has 1 atom stereocenters. The fourth-order valence-electron chi connectivity index (χ4n) is 4.73. The molecule has 184 valence electrons. The Kier molecular flexibility index (Phi) is 6.80. The lowest BCUT2D eigenvalue weighted by molar-refractivity contribution is -0.0412. The summed E-state index contributed by atoms with van der Waals surface area (Å²) in [6.07, 6.45) is 5.84. The summed E-state index contributed by atoms with van der Waals surface area (Å²) >= 11 is 5.92. The number of aryl methyl sites for hydroxylation is 1. The Hall–Kier alpha value is -2.90. The Morgan fingerprint density at radius 1 is 1.17 bits per heavy atom. The third kappa shape index (κ3) is 5.21. The second-order valence-corrected chi connectivity index (χ2v) is 10.3. The number of ether oxygens (including phenoxy) is 1. The van der Waals surface area contributed by atoms with E-state index in [1.54, 1.807) is 24.3 Å². The minimum absolute atomic E-state index is 0.00431. The average Bonchev–Trinajstić information content (AvgIpc) is 3.21. The highest BCUT2D eigenvalue weighted by Gasteiger charge is 2.31. The first-order chi connectivity index (χ1) is 16.9. The molecule has 2 aliphatic rings. The zero-order valence-electron chi connectivity index (χ0n) is 20.2. The number of fused-ring (bicyclic) bond motifs is 1. The van der Waals surface area contributed by atoms with Crippen LogP contribution in [0.25, 0.3) is 10.9 Å². The van der Waals surface area contributed by atoms with Gasteiger partial charge < -0.3 is 15.0 Å². The van der Waals surface area contributed by atoms with Crippen LogP contribution in [0.3, 0.4) is 0 Å². The van der Waals surface area contributed by atoms with E-state index in [1.807, 2.05) is 41.8 Å². The fourth-order valence-corrected chi connectivity index (χ4v) is 4.85. The Morgan fingerprint density at radius 2 is 1.91 bits per heavy atom. The Balaban J connectivity index is 1.17. The second-order valence-electron chi connectivity index (χ2n) is 9.81. The summed E-state index contributed by atoms with van der Waals surface area (Å²) in [4.78, 5) is 27.3. The minimum atomic E-state index is -0.0865. The van der Waals surface area contributed by atoms with Gasteiger partial charge in [-0.15, -0.1) is 0 Å². The molecule has 1 aromatic heterocycles. The van der Waals surface area contributed by atoms with Crippen LogP contribution in [0, 0.1) is 12.8 Å². The normalized spacial score (nSPS) is 17.2. The topological polar surface area (TPSA) is 76.5 Å². The molecule has 7 nitrogen and oxygen atoms in total. The molecule has 0 radical (unpaired) electrons. The van der Waals surface area contributed by atoms with Gasteiger partial charge in [0.15, 0.2) is 0 Å². The molecule has 8 heteroatoms. The van der Waals surface area contributed by atoms with Crippen LogP contribution in [0.5, 0.6) is 0 Å². The quantitative estimate of drug-likeness (QED) is 0.501. The third-order valence-electron chi connectivity index (χ3n) is 7.06. The van der Waals surface area contributed by atoms with Crippen molar-refractivity contribution in [2.45, 2.75) is 51.9 Å². The molecule has 1 saturated carbocycles. The zero-order chi connectivity index (χ0) is 24.5. The number of nitrogens with one attached hydrogen (secondary N) is 1. The van der Waals surface area contributed by atoms with E-state index in [1.165, 1.54) is 6.42 Å². The van der Waals surface area contributed by atoms with Crippen LogP contribution in [-0.2, 0) is 11.3 Å². The van der Waals surface area contributed by atoms with Crippen LogP contribution in [0.4, 0.5) is 0 Å². The van der Waals surface area contributed by atoms with Crippen molar-refractivity contribution in [3.05, 3.63) is 64.3 Å². The van der Waals surface area contributed by atoms with Crippen molar-refractivity contribution in [3.8, 4) is 0 Å². The maximum Gasteiger partial charge on any atom is 0.253 e. The molecular weight excluding hydrogens is 464 g/mol. The van der Waals surface area contributed by atoms with Gasteiger partial charge in [-0.05, 0) is 75.1 Å². The largest absolute Gasteiger partial charge is 0.373 e. The molecule has 1 unspecified atom stereocenters. The molecular formula is C27H31ClN4O3. The summed E-state index contributed by atoms with van der Waals surface area (Å²) in [6.45, 7) is 6.60. The van der Waals surface area contributed by atoms with Crippen molar-refractivity contribution in [1.29, 1.82) is 0 Å². The lowest BCUT2D eigenvalue weighted by atomic mass is 9.96. The molecule has 0 spiro atoms. The van der Waals surface area contributed by atoms with Gasteiger partial charge in [0.1, 0.15) is 0 Å². The first-order valence-electron chi connectivity index (χ1n) is 12.3. The number of hydrogen-bond acceptors (Lipinski definition) is 4. The Morgan fingerprint density at radius 3 is 2.60 bits per heavy atom. The van der Waals surface area contributed by atoms with E-state index in [4.69, 9.17) is 21.4 Å². The van der Waals surface area contributed by atoms with Crippen molar-refractivity contribution in [1.82, 2.24) is 20.0 Å². The van der Waals surface area contributed by atoms with Crippen LogP contribution in [0.1, 0.15) is 52.5 Å². The molecule has 2 heterocycles. The number of likely N-dealkylation sites (tertiary alicyclic amines) is 1. The molecule has 3 aromatic rings. The molecule has 2 fully saturated rings. The van der Waals surface area contributed by atoms with Gasteiger partial charge >= 0.3 is 0 Å². The van der Waals surface area contributed by atoms with Gasteiger partial charge in [0.05, 0.1) is 17.7 Å². The van der Waals surface area contributed by atoms with E-state index >= 15 is 0 Å². The van der Waals surface area contributed by atoms with Crippen LogP contribution in [0.2, 0.25) is 5.02 Å². The van der Waals surface area contributed by atoms with Gasteiger partial charge in [-0.2, -0.15) is 5.10 Å². The van der Waals surface area contributed by atoms with Crippen LogP contribution in [0.15, 0.2) is 42.6 Å². The van der Waals surface area contributed by atoms with E-state index in [2.05, 4.69) is 5.32 Å². The van der Waals surface area contributed by atoms with Gasteiger partial charge in [-0.25, -0.2) is 0 Å². The highest BCUT2D eigenvalue weighted by Crippen LogP contribution is 2.25. The predicted molar refractivity (Wildman–Crippen MR) is 136 cm³/mol. The Bertz CT molecular complexity index is 1230. The summed E-state index contributed by atoms with van der Waals surface area (Å²) in [5.41, 5.74) is 3.11. The van der Waals surface area contributed by atoms with Crippen LogP contribution < -0.4 is 5.32 Å². The number of halogens is 1. The molecule has 1 N–H and O–H groups in total. The summed E-state index contributed by atoms with van der Waals surface area (Å²) in [5.74, 6) is 0.291. The summed E-state index contributed by atoms with van der Waals surface area (Å²) in [7, 11) is 0. The van der Waals surface area contributed by atoms with Gasteiger partial charge in [0.25, 0.3) is 11.8 Å². The highest BCUT2D eigenvalue weighted by molar-refractivity contribution is 6.30. The minimum Gasteiger partial charge on any atom is -0.373 e. The summed E-state index contributed by atoms with van der Waals surface area (Å²) in [5, 5.41) is 9.31. The SMILES string of the molecule is Cc1c(C(=O)NCC(C)OC2CCC2)ccc2nn(CC3CN(C(=O)c4ccc(Cl)cc4)C3)cc12. The number of hydrogen-bond donors (Lipinski definition) is 1. The second kappa shape index (κ2) is 9.99. The van der Waals surface area contributed by atoms with Crippen molar-refractivity contribution >= 4 is 34.3 Å². The number of carbonyl (C=O) groups excluding carboxylic acids is 2. The smallest absolute Gasteiger partial charge is 0.253 e. The molecule has 2 amide bonds. The van der Waals surface area contributed by atoms with E-state index in [-0.39, 0.29) is 17.9 Å². The lowest BCUT2D eigenvalue weighted by Crippen LogP contribution is -2.51. The van der Waals surface area contributed by atoms with Gasteiger partial charge in [-0.1, -0.05) is 11.6 Å². The summed E-state index contributed by atoms with van der Waals surface area (Å²) in [6, 6.07) is 10.7. The van der Waals surface area contributed by atoms with E-state index in [9.17, 15) is 9.59 Å². The molecule has 1 saturated heterocycles. The molecule has 35 heavy (non-hydrogen) atoms. The van der Waals surface area contributed by atoms with Gasteiger partial charge in [0.2, 0.25) is 0 Å². The number of aromatic nitrogens is 2. The average molecular weight is 495 g/mol. The van der Waals surface area contributed by atoms with Crippen molar-refractivity contribution in [2.24, 2.45) is 5.92 Å². The Labute approximate surface area is 210 Å².